The number of amidine groups is 1. The zero-order valence-electron chi connectivity index (χ0n) is 9.84. The SMILES string of the molecule is CN(CCNC1=NCCCCC1)C1CC1. The van der Waals surface area contributed by atoms with Crippen LogP contribution in [0.15, 0.2) is 4.99 Å². The molecule has 0 spiro atoms. The second-order valence-electron chi connectivity index (χ2n) is 4.78. The molecule has 0 saturated heterocycles. The van der Waals surface area contributed by atoms with Crippen molar-refractivity contribution in [1.29, 1.82) is 0 Å². The zero-order chi connectivity index (χ0) is 10.5. The van der Waals surface area contributed by atoms with Crippen LogP contribution in [0.2, 0.25) is 0 Å². The minimum absolute atomic E-state index is 0.878. The lowest BCUT2D eigenvalue weighted by atomic mass is 10.2. The van der Waals surface area contributed by atoms with E-state index in [1.807, 2.05) is 0 Å². The first kappa shape index (κ1) is 10.9. The van der Waals surface area contributed by atoms with Gasteiger partial charge < -0.3 is 10.2 Å². The van der Waals surface area contributed by atoms with E-state index in [4.69, 9.17) is 0 Å². The summed E-state index contributed by atoms with van der Waals surface area (Å²) in [6, 6.07) is 0.878. The second-order valence-corrected chi connectivity index (χ2v) is 4.78. The van der Waals surface area contributed by atoms with Crippen LogP contribution in [0.5, 0.6) is 0 Å². The molecule has 1 fully saturated rings. The molecular formula is C12H23N3. The lowest BCUT2D eigenvalue weighted by Gasteiger charge is -2.16. The Hall–Kier alpha value is -0.570. The molecule has 0 radical (unpaired) electrons. The van der Waals surface area contributed by atoms with E-state index in [-0.39, 0.29) is 0 Å². The van der Waals surface area contributed by atoms with E-state index < -0.39 is 0 Å². The topological polar surface area (TPSA) is 27.6 Å². The van der Waals surface area contributed by atoms with E-state index in [1.165, 1.54) is 37.9 Å². The standard InChI is InChI=1S/C12H23N3/c1-15(11-6-7-11)10-9-14-12-5-3-2-4-8-13-12/h11H,2-10H2,1H3,(H,13,14). The highest BCUT2D eigenvalue weighted by atomic mass is 15.2. The van der Waals surface area contributed by atoms with Crippen LogP contribution < -0.4 is 5.32 Å². The van der Waals surface area contributed by atoms with Gasteiger partial charge in [0.1, 0.15) is 0 Å². The summed E-state index contributed by atoms with van der Waals surface area (Å²) in [5.74, 6) is 1.25. The maximum absolute atomic E-state index is 4.57. The third-order valence-corrected chi connectivity index (χ3v) is 3.34. The van der Waals surface area contributed by atoms with Crippen LogP contribution in [0.1, 0.15) is 38.5 Å². The Balaban J connectivity index is 1.61. The summed E-state index contributed by atoms with van der Waals surface area (Å²) in [5.41, 5.74) is 0. The normalized spacial score (nSPS) is 22.4. The zero-order valence-corrected chi connectivity index (χ0v) is 9.84. The van der Waals surface area contributed by atoms with Crippen LogP contribution in [0.3, 0.4) is 0 Å². The van der Waals surface area contributed by atoms with Crippen LogP contribution >= 0.6 is 0 Å². The van der Waals surface area contributed by atoms with Crippen molar-refractivity contribution >= 4 is 5.84 Å². The average Bonchev–Trinajstić information content (AvgIpc) is 3.06. The highest BCUT2D eigenvalue weighted by Gasteiger charge is 2.25. The quantitative estimate of drug-likeness (QED) is 0.762. The fraction of sp³-hybridized carbons (Fsp3) is 0.917. The predicted molar refractivity (Wildman–Crippen MR) is 64.4 cm³/mol. The molecule has 1 aliphatic heterocycles. The van der Waals surface area contributed by atoms with Crippen molar-refractivity contribution in [3.8, 4) is 0 Å². The Morgan fingerprint density at radius 2 is 2.20 bits per heavy atom. The fourth-order valence-electron chi connectivity index (χ4n) is 2.09. The predicted octanol–water partition coefficient (Wildman–Crippen LogP) is 1.64. The monoisotopic (exact) mass is 209 g/mol. The van der Waals surface area contributed by atoms with Gasteiger partial charge in [-0.1, -0.05) is 6.42 Å². The number of nitrogens with zero attached hydrogens (tertiary/aromatic N) is 2. The Morgan fingerprint density at radius 1 is 1.33 bits per heavy atom. The third-order valence-electron chi connectivity index (χ3n) is 3.34. The molecule has 1 N–H and O–H groups in total. The molecule has 1 saturated carbocycles. The van der Waals surface area contributed by atoms with Crippen molar-refractivity contribution < 1.29 is 0 Å². The minimum Gasteiger partial charge on any atom is -0.373 e. The highest BCUT2D eigenvalue weighted by molar-refractivity contribution is 5.82. The summed E-state index contributed by atoms with van der Waals surface area (Å²) in [4.78, 5) is 7.03. The molecule has 0 aromatic heterocycles. The third kappa shape index (κ3) is 3.82. The lowest BCUT2D eigenvalue weighted by Crippen LogP contribution is -2.33. The molecule has 0 bridgehead atoms. The second kappa shape index (κ2) is 5.50. The van der Waals surface area contributed by atoms with Crippen LogP contribution in [0, 0.1) is 0 Å². The van der Waals surface area contributed by atoms with Crippen LogP contribution in [0.25, 0.3) is 0 Å². The van der Waals surface area contributed by atoms with Crippen LogP contribution in [-0.2, 0) is 0 Å². The summed E-state index contributed by atoms with van der Waals surface area (Å²) in [7, 11) is 2.23. The van der Waals surface area contributed by atoms with Gasteiger partial charge in [0, 0.05) is 32.1 Å². The van der Waals surface area contributed by atoms with Gasteiger partial charge >= 0.3 is 0 Å². The number of hydrogen-bond acceptors (Lipinski definition) is 3. The summed E-state index contributed by atoms with van der Waals surface area (Å²) < 4.78 is 0. The van der Waals surface area contributed by atoms with Crippen molar-refractivity contribution in [2.45, 2.75) is 44.6 Å². The largest absolute Gasteiger partial charge is 0.373 e. The maximum atomic E-state index is 4.57. The van der Waals surface area contributed by atoms with Gasteiger partial charge in [-0.3, -0.25) is 4.99 Å². The first-order chi connectivity index (χ1) is 7.36. The molecule has 0 atom stereocenters. The summed E-state index contributed by atoms with van der Waals surface area (Å²) in [5, 5.41) is 3.48. The van der Waals surface area contributed by atoms with E-state index >= 15 is 0 Å². The van der Waals surface area contributed by atoms with Gasteiger partial charge in [0.25, 0.3) is 0 Å². The van der Waals surface area contributed by atoms with E-state index in [0.717, 1.165) is 32.1 Å². The summed E-state index contributed by atoms with van der Waals surface area (Å²) in [6.45, 7) is 3.25. The molecule has 0 amide bonds. The summed E-state index contributed by atoms with van der Waals surface area (Å²) >= 11 is 0. The molecule has 0 aromatic carbocycles. The molecule has 0 aromatic rings. The number of likely N-dealkylation sites (N-methyl/N-ethyl adjacent to an activating group) is 1. The average molecular weight is 209 g/mol. The van der Waals surface area contributed by atoms with E-state index in [0.29, 0.717) is 0 Å². The maximum Gasteiger partial charge on any atom is 0.0963 e. The molecule has 2 rings (SSSR count). The van der Waals surface area contributed by atoms with Crippen molar-refractivity contribution in [2.24, 2.45) is 4.99 Å². The van der Waals surface area contributed by atoms with Gasteiger partial charge in [-0.15, -0.1) is 0 Å². The van der Waals surface area contributed by atoms with Gasteiger partial charge in [-0.2, -0.15) is 0 Å². The molecule has 2 aliphatic rings. The Morgan fingerprint density at radius 3 is 3.00 bits per heavy atom. The van der Waals surface area contributed by atoms with Gasteiger partial charge in [-0.05, 0) is 32.7 Å². The van der Waals surface area contributed by atoms with E-state index in [1.54, 1.807) is 0 Å². The molecule has 0 unspecified atom stereocenters. The molecule has 3 nitrogen and oxygen atoms in total. The molecule has 1 aliphatic carbocycles. The van der Waals surface area contributed by atoms with Crippen LogP contribution in [0.4, 0.5) is 0 Å². The van der Waals surface area contributed by atoms with Crippen molar-refractivity contribution in [3.05, 3.63) is 0 Å². The first-order valence-electron chi connectivity index (χ1n) is 6.34. The first-order valence-corrected chi connectivity index (χ1v) is 6.34. The van der Waals surface area contributed by atoms with Crippen molar-refractivity contribution in [2.75, 3.05) is 26.7 Å². The lowest BCUT2D eigenvalue weighted by molar-refractivity contribution is 0.328. The highest BCUT2D eigenvalue weighted by Crippen LogP contribution is 2.24. The molecule has 86 valence electrons. The van der Waals surface area contributed by atoms with Gasteiger partial charge in [0.2, 0.25) is 0 Å². The molecule has 15 heavy (non-hydrogen) atoms. The Bertz CT molecular complexity index is 221. The number of aliphatic imine (C=N–C) groups is 1. The number of hydrogen-bond donors (Lipinski definition) is 1. The van der Waals surface area contributed by atoms with E-state index in [2.05, 4.69) is 22.3 Å². The fourth-order valence-corrected chi connectivity index (χ4v) is 2.09. The van der Waals surface area contributed by atoms with Gasteiger partial charge in [-0.25, -0.2) is 0 Å². The van der Waals surface area contributed by atoms with Gasteiger partial charge in [0.15, 0.2) is 0 Å². The molecular weight excluding hydrogens is 186 g/mol. The van der Waals surface area contributed by atoms with E-state index in [9.17, 15) is 0 Å². The van der Waals surface area contributed by atoms with Crippen molar-refractivity contribution in [1.82, 2.24) is 10.2 Å². The molecule has 1 heterocycles. The smallest absolute Gasteiger partial charge is 0.0963 e. The van der Waals surface area contributed by atoms with Gasteiger partial charge in [0.05, 0.1) is 5.84 Å². The minimum atomic E-state index is 0.878. The Labute approximate surface area is 92.9 Å². The number of nitrogens with one attached hydrogen (secondary N) is 1. The Kier molecular flexibility index (Phi) is 4.01. The number of rotatable bonds is 4. The summed E-state index contributed by atoms with van der Waals surface area (Å²) in [6.07, 6.45) is 7.89. The molecule has 3 heteroatoms. The van der Waals surface area contributed by atoms with Crippen LogP contribution in [-0.4, -0.2) is 43.5 Å². The van der Waals surface area contributed by atoms with Crippen molar-refractivity contribution in [3.63, 3.8) is 0 Å².